The van der Waals surface area contributed by atoms with Gasteiger partial charge < -0.3 is 44.8 Å². The van der Waals surface area contributed by atoms with Gasteiger partial charge in [-0.05, 0) is 59.6 Å². The zero-order valence-corrected chi connectivity index (χ0v) is 26.4. The summed E-state index contributed by atoms with van der Waals surface area (Å²) in [5, 5.41) is 35.1. The van der Waals surface area contributed by atoms with Crippen molar-refractivity contribution in [1.82, 2.24) is 0 Å². The summed E-state index contributed by atoms with van der Waals surface area (Å²) in [6.07, 6.45) is 1.48. The summed E-state index contributed by atoms with van der Waals surface area (Å²) in [4.78, 5) is -0.0666. The highest BCUT2D eigenvalue weighted by atomic mass is 32.2. The van der Waals surface area contributed by atoms with Crippen LogP contribution >= 0.6 is 0 Å². The smallest absolute Gasteiger partial charge is 0.294 e. The van der Waals surface area contributed by atoms with Gasteiger partial charge in [-0.2, -0.15) is 8.42 Å². The number of aryl methyl sites for hydroxylation is 1. The molecule has 13 heteroatoms. The summed E-state index contributed by atoms with van der Waals surface area (Å²) in [6.45, 7) is 14.1. The Hall–Kier alpha value is -1.23. The number of aliphatic hydroxyl groups excluding tert-OH is 4. The second-order valence-corrected chi connectivity index (χ2v) is 11.8. The van der Waals surface area contributed by atoms with Crippen LogP contribution in [0.4, 0.5) is 0 Å². The molecule has 1 aliphatic heterocycles. The molecule has 7 N–H and O–H groups in total. The molecule has 1 heterocycles. The lowest BCUT2D eigenvalue weighted by Gasteiger charge is -2.42. The van der Waals surface area contributed by atoms with Gasteiger partial charge in [-0.3, -0.25) is 4.55 Å². The lowest BCUT2D eigenvalue weighted by Crippen LogP contribution is -2.48. The first kappa shape index (κ1) is 43.2. The molecule has 40 heavy (non-hydrogen) atoms. The number of rotatable bonds is 9. The average molecular weight is 603 g/mol. The average Bonchev–Trinajstić information content (AvgIpc) is 2.92. The predicted octanol–water partition coefficient (Wildman–Crippen LogP) is 1.95. The van der Waals surface area contributed by atoms with Crippen molar-refractivity contribution in [1.29, 1.82) is 0 Å². The lowest BCUT2D eigenvalue weighted by molar-refractivity contribution is -0.290. The monoisotopic (exact) mass is 602 g/mol. The zero-order valence-electron chi connectivity index (χ0n) is 25.6. The van der Waals surface area contributed by atoms with Crippen LogP contribution < -0.4 is 0 Å². The number of ether oxygens (including phenoxy) is 4. The van der Waals surface area contributed by atoms with Gasteiger partial charge in [-0.1, -0.05) is 31.5 Å². The first-order valence-corrected chi connectivity index (χ1v) is 14.2. The first-order chi connectivity index (χ1) is 17.9. The topological polar surface area (TPSA) is 204 Å². The van der Waals surface area contributed by atoms with Crippen molar-refractivity contribution in [2.75, 3.05) is 53.9 Å². The van der Waals surface area contributed by atoms with E-state index in [1.54, 1.807) is 26.4 Å². The summed E-state index contributed by atoms with van der Waals surface area (Å²) in [6, 6.07) is 5.99. The molecule has 1 saturated heterocycles. The fourth-order valence-corrected chi connectivity index (χ4v) is 2.90. The Morgan fingerprint density at radius 3 is 1.50 bits per heavy atom. The third-order valence-corrected chi connectivity index (χ3v) is 7.46. The van der Waals surface area contributed by atoms with Crippen LogP contribution in [-0.4, -0.2) is 104 Å². The second-order valence-electron chi connectivity index (χ2n) is 10.4. The van der Waals surface area contributed by atoms with Crippen molar-refractivity contribution in [3.05, 3.63) is 29.8 Å². The minimum Gasteiger partial charge on any atom is -0.412 e. The minimum absolute atomic E-state index is 0. The van der Waals surface area contributed by atoms with Crippen LogP contribution in [0.25, 0.3) is 0 Å². The number of hydrogen-bond donors (Lipinski definition) is 5. The van der Waals surface area contributed by atoms with E-state index >= 15 is 0 Å². The molecule has 0 saturated carbocycles. The highest BCUT2D eigenvalue weighted by Gasteiger charge is 2.38. The number of aliphatic hydroxyl groups is 4. The zero-order chi connectivity index (χ0) is 31.0. The molecule has 1 aromatic rings. The molecular formula is C27H54O12S. The van der Waals surface area contributed by atoms with Crippen LogP contribution in [0.5, 0.6) is 0 Å². The van der Waals surface area contributed by atoms with Gasteiger partial charge in [0.15, 0.2) is 11.6 Å². The van der Waals surface area contributed by atoms with Crippen LogP contribution in [-0.2, 0) is 29.1 Å². The highest BCUT2D eigenvalue weighted by molar-refractivity contribution is 7.85. The largest absolute Gasteiger partial charge is 0.412 e. The molecule has 0 amide bonds. The molecule has 2 rings (SSSR count). The van der Waals surface area contributed by atoms with Crippen LogP contribution in [0.2, 0.25) is 0 Å². The minimum atomic E-state index is -4.02. The van der Waals surface area contributed by atoms with Gasteiger partial charge in [0.2, 0.25) is 0 Å². The van der Waals surface area contributed by atoms with Crippen LogP contribution in [0.3, 0.4) is 0 Å². The number of hydrogen-bond acceptors (Lipinski definition) is 10. The summed E-state index contributed by atoms with van der Waals surface area (Å²) >= 11 is 0. The van der Waals surface area contributed by atoms with Gasteiger partial charge in [-0.25, -0.2) is 0 Å². The third kappa shape index (κ3) is 16.9. The molecule has 1 aliphatic rings. The molecule has 0 atom stereocenters. The maximum atomic E-state index is 10.5. The Kier molecular flexibility index (Phi) is 21.4. The molecule has 0 aliphatic carbocycles. The first-order valence-electron chi connectivity index (χ1n) is 12.8. The van der Waals surface area contributed by atoms with Crippen molar-refractivity contribution < 1.29 is 57.8 Å². The van der Waals surface area contributed by atoms with E-state index in [2.05, 4.69) is 0 Å². The summed E-state index contributed by atoms with van der Waals surface area (Å²) in [7, 11) is -0.790. The molecule has 1 aromatic carbocycles. The Morgan fingerprint density at radius 1 is 0.900 bits per heavy atom. The maximum Gasteiger partial charge on any atom is 0.294 e. The van der Waals surface area contributed by atoms with Gasteiger partial charge >= 0.3 is 0 Å². The van der Waals surface area contributed by atoms with E-state index < -0.39 is 27.1 Å². The van der Waals surface area contributed by atoms with Crippen molar-refractivity contribution in [2.45, 2.75) is 77.8 Å². The number of methoxy groups -OCH3 is 2. The van der Waals surface area contributed by atoms with Crippen molar-refractivity contribution in [2.24, 2.45) is 10.8 Å². The van der Waals surface area contributed by atoms with Gasteiger partial charge in [-0.15, -0.1) is 0 Å². The maximum absolute atomic E-state index is 10.5. The van der Waals surface area contributed by atoms with Gasteiger partial charge in [0.25, 0.3) is 10.1 Å². The van der Waals surface area contributed by atoms with Crippen LogP contribution in [0.15, 0.2) is 29.2 Å². The molecule has 0 bridgehead atoms. The molecule has 1 fully saturated rings. The molecule has 240 valence electrons. The molecule has 0 aromatic heterocycles. The Bertz CT molecular complexity index is 826. The van der Waals surface area contributed by atoms with E-state index in [-0.39, 0.29) is 42.2 Å². The van der Waals surface area contributed by atoms with Crippen molar-refractivity contribution in [3.8, 4) is 0 Å². The van der Waals surface area contributed by atoms with E-state index in [0.29, 0.717) is 19.6 Å². The standard InChI is InChI=1S/C9H18O3.C7H8O3S.C6H14O3.C5H12O2.H2O/c1-4-9(5-10)6-11-8(2,3)12-7-9;1-6-2-4-7(5-3-6)11(8,9)10;1-2-6(3-7,4-8)5-9;1-5(2,6-3)7-4;/h10H,4-7H2,1-3H3;2-5H,1H3,(H,8,9,10);7-9H,2-5H2,1H3;1-4H3;1H2. The Morgan fingerprint density at radius 2 is 1.30 bits per heavy atom. The summed E-state index contributed by atoms with van der Waals surface area (Å²) in [5.74, 6) is -0.895. The van der Waals surface area contributed by atoms with E-state index in [9.17, 15) is 8.42 Å². The Balaban J connectivity index is -0.000000462. The van der Waals surface area contributed by atoms with E-state index in [4.69, 9.17) is 43.9 Å². The van der Waals surface area contributed by atoms with Crippen molar-refractivity contribution >= 4 is 10.1 Å². The van der Waals surface area contributed by atoms with Gasteiger partial charge in [0.1, 0.15) is 0 Å². The second kappa shape index (κ2) is 19.8. The quantitative estimate of drug-likeness (QED) is 0.204. The number of benzene rings is 1. The summed E-state index contributed by atoms with van der Waals surface area (Å²) in [5.41, 5.74) is 0.118. The summed E-state index contributed by atoms with van der Waals surface area (Å²) < 4.78 is 50.2. The van der Waals surface area contributed by atoms with E-state index in [1.165, 1.54) is 12.1 Å². The van der Waals surface area contributed by atoms with Crippen LogP contribution in [0.1, 0.15) is 59.9 Å². The van der Waals surface area contributed by atoms with Gasteiger partial charge in [0, 0.05) is 25.0 Å². The predicted molar refractivity (Wildman–Crippen MR) is 152 cm³/mol. The van der Waals surface area contributed by atoms with E-state index in [1.807, 2.05) is 48.5 Å². The highest BCUT2D eigenvalue weighted by Crippen LogP contribution is 2.31. The normalized spacial score (nSPS) is 16.1. The van der Waals surface area contributed by atoms with Crippen LogP contribution in [0, 0.1) is 17.8 Å². The molecule has 0 radical (unpaired) electrons. The fourth-order valence-electron chi connectivity index (χ4n) is 2.42. The lowest BCUT2D eigenvalue weighted by atomic mass is 9.87. The SMILES string of the molecule is CCC(CO)(CO)CO.CCC1(CO)COC(C)(C)OC1.COC(C)(C)OC.Cc1ccc(S(=O)(=O)O)cc1.O. The van der Waals surface area contributed by atoms with Crippen molar-refractivity contribution in [3.63, 3.8) is 0 Å². The third-order valence-electron chi connectivity index (χ3n) is 6.60. The molecule has 12 nitrogen and oxygen atoms in total. The molecule has 0 unspecified atom stereocenters. The molecular weight excluding hydrogens is 548 g/mol. The van der Waals surface area contributed by atoms with E-state index in [0.717, 1.165) is 12.0 Å². The Labute approximate surface area is 240 Å². The van der Waals surface area contributed by atoms with Gasteiger partial charge in [0.05, 0.1) is 44.5 Å². The molecule has 0 spiro atoms. The fraction of sp³-hybridized carbons (Fsp3) is 0.778.